The van der Waals surface area contributed by atoms with Gasteiger partial charge >= 0.3 is 0 Å². The maximum atomic E-state index is 13.1. The van der Waals surface area contributed by atoms with Crippen molar-refractivity contribution >= 4 is 40.1 Å². The summed E-state index contributed by atoms with van der Waals surface area (Å²) in [5, 5.41) is 2.65. The molecule has 4 rings (SSSR count). The number of amidine groups is 1. The van der Waals surface area contributed by atoms with Crippen molar-refractivity contribution in [1.82, 2.24) is 4.90 Å². The molecule has 2 amide bonds. The fourth-order valence-corrected chi connectivity index (χ4v) is 4.12. The van der Waals surface area contributed by atoms with Crippen LogP contribution in [0.15, 0.2) is 53.5 Å². The zero-order chi connectivity index (χ0) is 19.7. The lowest BCUT2D eigenvalue weighted by molar-refractivity contribution is -0.128. The van der Waals surface area contributed by atoms with Crippen LogP contribution in [0.1, 0.15) is 19.3 Å². The van der Waals surface area contributed by atoms with Crippen LogP contribution in [0, 0.1) is 11.6 Å². The van der Waals surface area contributed by atoms with Crippen molar-refractivity contribution in [3.8, 4) is 0 Å². The van der Waals surface area contributed by atoms with E-state index in [1.807, 2.05) is 0 Å². The fraction of sp³-hybridized carbons (Fsp3) is 0.250. The summed E-state index contributed by atoms with van der Waals surface area (Å²) in [7, 11) is 0. The van der Waals surface area contributed by atoms with E-state index in [9.17, 15) is 18.4 Å². The van der Waals surface area contributed by atoms with Crippen LogP contribution in [0.25, 0.3) is 0 Å². The van der Waals surface area contributed by atoms with Crippen molar-refractivity contribution < 1.29 is 18.4 Å². The SMILES string of the molecule is O=C(C[C@@H]1SC(=Nc2ccc(F)cc2)N(C2CC2)C1=O)Nc1ccc(F)cc1. The molecule has 1 aliphatic carbocycles. The summed E-state index contributed by atoms with van der Waals surface area (Å²) in [5.41, 5.74) is 1.03. The van der Waals surface area contributed by atoms with E-state index in [0.717, 1.165) is 12.8 Å². The smallest absolute Gasteiger partial charge is 0.242 e. The molecule has 0 aromatic heterocycles. The molecule has 0 spiro atoms. The van der Waals surface area contributed by atoms with Crippen LogP contribution in [0.5, 0.6) is 0 Å². The van der Waals surface area contributed by atoms with Crippen molar-refractivity contribution in [2.24, 2.45) is 4.99 Å². The second-order valence-corrected chi connectivity index (χ2v) is 7.85. The van der Waals surface area contributed by atoms with Gasteiger partial charge in [-0.3, -0.25) is 14.5 Å². The molecule has 0 radical (unpaired) electrons. The molecule has 1 atom stereocenters. The Balaban J connectivity index is 1.47. The highest BCUT2D eigenvalue weighted by Crippen LogP contribution is 2.39. The lowest BCUT2D eigenvalue weighted by atomic mass is 10.2. The van der Waals surface area contributed by atoms with Crippen LogP contribution in [0.2, 0.25) is 0 Å². The molecular formula is C20H17F2N3O2S. The summed E-state index contributed by atoms with van der Waals surface area (Å²) in [6.45, 7) is 0. The number of rotatable bonds is 5. The molecule has 1 heterocycles. The number of hydrogen-bond acceptors (Lipinski definition) is 4. The highest BCUT2D eigenvalue weighted by molar-refractivity contribution is 8.15. The van der Waals surface area contributed by atoms with E-state index in [1.165, 1.54) is 48.2 Å². The number of nitrogens with zero attached hydrogens (tertiary/aromatic N) is 2. The van der Waals surface area contributed by atoms with Crippen LogP contribution in [0.3, 0.4) is 0 Å². The third kappa shape index (κ3) is 4.22. The van der Waals surface area contributed by atoms with Crippen LogP contribution in [-0.4, -0.2) is 33.2 Å². The van der Waals surface area contributed by atoms with Crippen LogP contribution < -0.4 is 5.32 Å². The first-order chi connectivity index (χ1) is 13.5. The van der Waals surface area contributed by atoms with Gasteiger partial charge in [0.05, 0.1) is 5.69 Å². The molecule has 0 bridgehead atoms. The van der Waals surface area contributed by atoms with Gasteiger partial charge in [0.1, 0.15) is 16.9 Å². The Morgan fingerprint density at radius 2 is 1.68 bits per heavy atom. The number of anilines is 1. The van der Waals surface area contributed by atoms with Gasteiger partial charge in [-0.25, -0.2) is 13.8 Å². The predicted molar refractivity (Wildman–Crippen MR) is 104 cm³/mol. The number of benzene rings is 2. The van der Waals surface area contributed by atoms with E-state index < -0.39 is 5.25 Å². The normalized spacial score (nSPS) is 20.6. The lowest BCUT2D eigenvalue weighted by Crippen LogP contribution is -2.35. The van der Waals surface area contributed by atoms with E-state index in [4.69, 9.17) is 0 Å². The van der Waals surface area contributed by atoms with Gasteiger partial charge in [-0.15, -0.1) is 0 Å². The molecule has 1 saturated heterocycles. The monoisotopic (exact) mass is 401 g/mol. The van der Waals surface area contributed by atoms with Gasteiger partial charge in [-0.2, -0.15) is 0 Å². The molecule has 144 valence electrons. The van der Waals surface area contributed by atoms with Gasteiger partial charge in [-0.1, -0.05) is 11.8 Å². The first kappa shape index (κ1) is 18.6. The number of thioether (sulfide) groups is 1. The van der Waals surface area contributed by atoms with E-state index >= 15 is 0 Å². The topological polar surface area (TPSA) is 61.8 Å². The van der Waals surface area contributed by atoms with E-state index in [-0.39, 0.29) is 35.9 Å². The molecule has 0 unspecified atom stereocenters. The second kappa shape index (κ2) is 7.71. The average molecular weight is 401 g/mol. The lowest BCUT2D eigenvalue weighted by Gasteiger charge is -2.15. The Hall–Kier alpha value is -2.74. The highest BCUT2D eigenvalue weighted by Gasteiger charge is 2.46. The number of hydrogen-bond donors (Lipinski definition) is 1. The average Bonchev–Trinajstić information content (AvgIpc) is 3.45. The maximum absolute atomic E-state index is 13.1. The summed E-state index contributed by atoms with van der Waals surface area (Å²) in [5.74, 6) is -1.20. The minimum atomic E-state index is -0.569. The molecular weight excluding hydrogens is 384 g/mol. The molecule has 2 aromatic carbocycles. The standard InChI is InChI=1S/C20H17F2N3O2S/c21-12-1-5-14(6-2-12)23-18(26)11-17-19(27)25(16-9-10-16)20(28-17)24-15-7-3-13(22)4-8-15/h1-8,16-17H,9-11H2,(H,23,26)/t17-/m0/s1. The summed E-state index contributed by atoms with van der Waals surface area (Å²) >= 11 is 1.25. The molecule has 1 saturated carbocycles. The second-order valence-electron chi connectivity index (χ2n) is 6.68. The van der Waals surface area contributed by atoms with Gasteiger partial charge in [0.15, 0.2) is 5.17 Å². The quantitative estimate of drug-likeness (QED) is 0.821. The Labute approximate surface area is 164 Å². The summed E-state index contributed by atoms with van der Waals surface area (Å²) in [6.07, 6.45) is 1.80. The Morgan fingerprint density at radius 1 is 1.07 bits per heavy atom. The molecule has 1 aliphatic heterocycles. The molecule has 5 nitrogen and oxygen atoms in total. The summed E-state index contributed by atoms with van der Waals surface area (Å²) in [4.78, 5) is 31.3. The first-order valence-corrected chi connectivity index (χ1v) is 9.77. The van der Waals surface area contributed by atoms with Crippen molar-refractivity contribution in [1.29, 1.82) is 0 Å². The molecule has 8 heteroatoms. The minimum absolute atomic E-state index is 0.00741. The van der Waals surface area contributed by atoms with Crippen LogP contribution in [0.4, 0.5) is 20.2 Å². The van der Waals surface area contributed by atoms with Gasteiger partial charge < -0.3 is 5.32 Å². The van der Waals surface area contributed by atoms with Crippen molar-refractivity contribution in [3.63, 3.8) is 0 Å². The Morgan fingerprint density at radius 3 is 2.29 bits per heavy atom. The molecule has 1 N–H and O–H groups in total. The van der Waals surface area contributed by atoms with Crippen molar-refractivity contribution in [3.05, 3.63) is 60.2 Å². The van der Waals surface area contributed by atoms with Gasteiger partial charge in [0.2, 0.25) is 11.8 Å². The number of carbonyl (C=O) groups excluding carboxylic acids is 2. The number of carbonyl (C=O) groups is 2. The fourth-order valence-electron chi connectivity index (χ4n) is 2.90. The molecule has 2 fully saturated rings. The maximum Gasteiger partial charge on any atom is 0.242 e. The van der Waals surface area contributed by atoms with E-state index in [0.29, 0.717) is 16.5 Å². The van der Waals surface area contributed by atoms with Gasteiger partial charge in [0, 0.05) is 18.2 Å². The van der Waals surface area contributed by atoms with Crippen molar-refractivity contribution in [2.45, 2.75) is 30.6 Å². The first-order valence-electron chi connectivity index (χ1n) is 8.89. The largest absolute Gasteiger partial charge is 0.326 e. The highest BCUT2D eigenvalue weighted by atomic mass is 32.2. The van der Waals surface area contributed by atoms with E-state index in [1.54, 1.807) is 17.0 Å². The van der Waals surface area contributed by atoms with Gasteiger partial charge in [0.25, 0.3) is 0 Å². The number of nitrogens with one attached hydrogen (secondary N) is 1. The predicted octanol–water partition coefficient (Wildman–Crippen LogP) is 4.09. The Bertz CT molecular complexity index is 927. The van der Waals surface area contributed by atoms with Crippen LogP contribution in [-0.2, 0) is 9.59 Å². The molecule has 2 aromatic rings. The zero-order valence-corrected chi connectivity index (χ0v) is 15.6. The molecule has 28 heavy (non-hydrogen) atoms. The summed E-state index contributed by atoms with van der Waals surface area (Å²) < 4.78 is 26.1. The third-order valence-corrected chi connectivity index (χ3v) is 5.58. The Kier molecular flexibility index (Phi) is 5.13. The van der Waals surface area contributed by atoms with Crippen molar-refractivity contribution in [2.75, 3.05) is 5.32 Å². The third-order valence-electron chi connectivity index (χ3n) is 4.43. The van der Waals surface area contributed by atoms with E-state index in [2.05, 4.69) is 10.3 Å². The molecule has 2 aliphatic rings. The van der Waals surface area contributed by atoms with Crippen LogP contribution >= 0.6 is 11.8 Å². The number of aliphatic imine (C=N–C) groups is 1. The van der Waals surface area contributed by atoms with Gasteiger partial charge in [-0.05, 0) is 61.4 Å². The zero-order valence-electron chi connectivity index (χ0n) is 14.8. The number of amides is 2. The number of halogens is 2. The summed E-state index contributed by atoms with van der Waals surface area (Å²) in [6, 6.07) is 11.3. The minimum Gasteiger partial charge on any atom is -0.326 e.